The van der Waals surface area contributed by atoms with E-state index in [-0.39, 0.29) is 5.82 Å². The maximum atomic E-state index is 13.0. The van der Waals surface area contributed by atoms with Crippen molar-refractivity contribution in [3.63, 3.8) is 0 Å². The van der Waals surface area contributed by atoms with Gasteiger partial charge in [0.05, 0.1) is 4.47 Å². The van der Waals surface area contributed by atoms with Gasteiger partial charge in [0.25, 0.3) is 0 Å². The number of rotatable bonds is 0. The van der Waals surface area contributed by atoms with Gasteiger partial charge in [-0.3, -0.25) is 0 Å². The highest BCUT2D eigenvalue weighted by molar-refractivity contribution is 9.10. The molecule has 1 aromatic heterocycles. The maximum absolute atomic E-state index is 13.0. The number of benzene rings is 1. The number of hydrogen-bond acceptors (Lipinski definition) is 0. The molecule has 3 heteroatoms. The standard InChI is InChI=1S/C9H7BrFN/c1-5-4-12-9-3-8(11)7(10)2-6(5)9/h2-4,12H,1H3. The van der Waals surface area contributed by atoms with Crippen LogP contribution >= 0.6 is 15.9 Å². The summed E-state index contributed by atoms with van der Waals surface area (Å²) in [6.07, 6.45) is 1.87. The number of hydrogen-bond donors (Lipinski definition) is 1. The first-order valence-corrected chi connectivity index (χ1v) is 4.40. The lowest BCUT2D eigenvalue weighted by atomic mass is 10.2. The fraction of sp³-hybridized carbons (Fsp3) is 0.111. The van der Waals surface area contributed by atoms with Crippen molar-refractivity contribution in [2.24, 2.45) is 0 Å². The molecule has 0 aliphatic carbocycles. The van der Waals surface area contributed by atoms with Gasteiger partial charge in [-0.25, -0.2) is 4.39 Å². The van der Waals surface area contributed by atoms with E-state index in [1.807, 2.05) is 13.1 Å². The van der Waals surface area contributed by atoms with Crippen LogP contribution in [0.25, 0.3) is 10.9 Å². The molecule has 0 atom stereocenters. The maximum Gasteiger partial charge on any atom is 0.139 e. The molecule has 0 amide bonds. The number of aryl methyl sites for hydroxylation is 1. The van der Waals surface area contributed by atoms with Gasteiger partial charge in [-0.05, 0) is 40.5 Å². The van der Waals surface area contributed by atoms with Crippen molar-refractivity contribution in [2.75, 3.05) is 0 Å². The van der Waals surface area contributed by atoms with Crippen molar-refractivity contribution >= 4 is 26.8 Å². The van der Waals surface area contributed by atoms with E-state index in [1.54, 1.807) is 6.07 Å². The van der Waals surface area contributed by atoms with Gasteiger partial charge in [0.15, 0.2) is 0 Å². The Kier molecular flexibility index (Phi) is 1.68. The minimum atomic E-state index is -0.232. The Labute approximate surface area is 77.7 Å². The summed E-state index contributed by atoms with van der Waals surface area (Å²) < 4.78 is 13.5. The van der Waals surface area contributed by atoms with E-state index in [4.69, 9.17) is 0 Å². The molecule has 0 radical (unpaired) electrons. The Morgan fingerprint density at radius 1 is 1.42 bits per heavy atom. The quantitative estimate of drug-likeness (QED) is 0.711. The lowest BCUT2D eigenvalue weighted by Crippen LogP contribution is -1.77. The highest BCUT2D eigenvalue weighted by atomic mass is 79.9. The molecule has 0 saturated carbocycles. The Balaban J connectivity index is 2.87. The van der Waals surface area contributed by atoms with Gasteiger partial charge in [-0.15, -0.1) is 0 Å². The van der Waals surface area contributed by atoms with Crippen LogP contribution in [0.5, 0.6) is 0 Å². The minimum absolute atomic E-state index is 0.232. The summed E-state index contributed by atoms with van der Waals surface area (Å²) in [6.45, 7) is 1.99. The Morgan fingerprint density at radius 3 is 2.92 bits per heavy atom. The largest absolute Gasteiger partial charge is 0.361 e. The zero-order chi connectivity index (χ0) is 8.72. The highest BCUT2D eigenvalue weighted by Crippen LogP contribution is 2.24. The smallest absolute Gasteiger partial charge is 0.139 e. The topological polar surface area (TPSA) is 15.8 Å². The van der Waals surface area contributed by atoms with Crippen LogP contribution in [0, 0.1) is 12.7 Å². The first kappa shape index (κ1) is 7.80. The van der Waals surface area contributed by atoms with Gasteiger partial charge in [0, 0.05) is 17.1 Å². The molecule has 2 rings (SSSR count). The molecular formula is C9H7BrFN. The first-order valence-electron chi connectivity index (χ1n) is 3.61. The summed E-state index contributed by atoms with van der Waals surface area (Å²) in [5.74, 6) is -0.232. The second-order valence-electron chi connectivity index (χ2n) is 2.78. The van der Waals surface area contributed by atoms with Gasteiger partial charge in [-0.2, -0.15) is 0 Å². The zero-order valence-electron chi connectivity index (χ0n) is 6.49. The summed E-state index contributed by atoms with van der Waals surface area (Å²) in [6, 6.07) is 3.28. The lowest BCUT2D eigenvalue weighted by Gasteiger charge is -1.95. The van der Waals surface area contributed by atoms with Gasteiger partial charge in [0.1, 0.15) is 5.82 Å². The molecule has 1 N–H and O–H groups in total. The number of fused-ring (bicyclic) bond motifs is 1. The second kappa shape index (κ2) is 2.59. The molecular weight excluding hydrogens is 221 g/mol. The number of nitrogens with one attached hydrogen (secondary N) is 1. The summed E-state index contributed by atoms with van der Waals surface area (Å²) in [5.41, 5.74) is 1.97. The molecule has 0 spiro atoms. The first-order chi connectivity index (χ1) is 5.68. The second-order valence-corrected chi connectivity index (χ2v) is 3.64. The number of aromatic amines is 1. The van der Waals surface area contributed by atoms with Crippen LogP contribution in [0.1, 0.15) is 5.56 Å². The SMILES string of the molecule is Cc1c[nH]c2cc(F)c(Br)cc12. The summed E-state index contributed by atoms with van der Waals surface area (Å²) in [4.78, 5) is 3.00. The van der Waals surface area contributed by atoms with Crippen molar-refractivity contribution in [3.05, 3.63) is 34.2 Å². The average molecular weight is 228 g/mol. The van der Waals surface area contributed by atoms with E-state index in [1.165, 1.54) is 6.07 Å². The van der Waals surface area contributed by atoms with Crippen LogP contribution in [0.3, 0.4) is 0 Å². The third kappa shape index (κ3) is 1.05. The predicted molar refractivity (Wildman–Crippen MR) is 50.7 cm³/mol. The Hall–Kier alpha value is -0.830. The van der Waals surface area contributed by atoms with Crippen molar-refractivity contribution in [2.45, 2.75) is 6.92 Å². The van der Waals surface area contributed by atoms with Crippen molar-refractivity contribution in [1.29, 1.82) is 0 Å². The molecule has 2 aromatic rings. The van der Waals surface area contributed by atoms with Crippen LogP contribution in [0.2, 0.25) is 0 Å². The van der Waals surface area contributed by atoms with Crippen LogP contribution < -0.4 is 0 Å². The van der Waals surface area contributed by atoms with Gasteiger partial charge in [0.2, 0.25) is 0 Å². The van der Waals surface area contributed by atoms with Crippen LogP contribution in [0.15, 0.2) is 22.8 Å². The molecule has 0 fully saturated rings. The summed E-state index contributed by atoms with van der Waals surface area (Å²) in [7, 11) is 0. The van der Waals surface area contributed by atoms with Crippen molar-refractivity contribution in [1.82, 2.24) is 4.98 Å². The fourth-order valence-electron chi connectivity index (χ4n) is 1.26. The van der Waals surface area contributed by atoms with Gasteiger partial charge < -0.3 is 4.98 Å². The van der Waals surface area contributed by atoms with Gasteiger partial charge >= 0.3 is 0 Å². The van der Waals surface area contributed by atoms with Crippen LogP contribution in [0.4, 0.5) is 4.39 Å². The molecule has 12 heavy (non-hydrogen) atoms. The van der Waals surface area contributed by atoms with Crippen molar-refractivity contribution in [3.8, 4) is 0 Å². The van der Waals surface area contributed by atoms with E-state index in [0.717, 1.165) is 16.5 Å². The van der Waals surface area contributed by atoms with E-state index < -0.39 is 0 Å². The molecule has 62 valence electrons. The molecule has 0 aliphatic heterocycles. The summed E-state index contributed by atoms with van der Waals surface area (Å²) in [5, 5.41) is 1.06. The average Bonchev–Trinajstić information content (AvgIpc) is 2.35. The summed E-state index contributed by atoms with van der Waals surface area (Å²) >= 11 is 3.15. The monoisotopic (exact) mass is 227 g/mol. The van der Waals surface area contributed by atoms with Crippen molar-refractivity contribution < 1.29 is 4.39 Å². The number of aromatic nitrogens is 1. The molecule has 0 unspecified atom stereocenters. The predicted octanol–water partition coefficient (Wildman–Crippen LogP) is 3.38. The van der Waals surface area contributed by atoms with Crippen LogP contribution in [-0.2, 0) is 0 Å². The molecule has 1 aromatic carbocycles. The number of H-pyrrole nitrogens is 1. The van der Waals surface area contributed by atoms with E-state index in [9.17, 15) is 4.39 Å². The molecule has 0 saturated heterocycles. The molecule has 1 nitrogen and oxygen atoms in total. The molecule has 0 bridgehead atoms. The fourth-order valence-corrected chi connectivity index (χ4v) is 1.60. The zero-order valence-corrected chi connectivity index (χ0v) is 8.07. The Morgan fingerprint density at radius 2 is 2.17 bits per heavy atom. The van der Waals surface area contributed by atoms with E-state index in [0.29, 0.717) is 4.47 Å². The van der Waals surface area contributed by atoms with Crippen LogP contribution in [-0.4, -0.2) is 4.98 Å². The minimum Gasteiger partial charge on any atom is -0.361 e. The third-order valence-corrected chi connectivity index (χ3v) is 2.54. The molecule has 1 heterocycles. The lowest BCUT2D eigenvalue weighted by molar-refractivity contribution is 0.623. The molecule has 0 aliphatic rings. The highest BCUT2D eigenvalue weighted by Gasteiger charge is 2.04. The number of halogens is 2. The third-order valence-electron chi connectivity index (χ3n) is 1.93. The Bertz CT molecular complexity index is 433. The normalized spacial score (nSPS) is 10.9. The van der Waals surface area contributed by atoms with Gasteiger partial charge in [-0.1, -0.05) is 0 Å². The van der Waals surface area contributed by atoms with E-state index in [2.05, 4.69) is 20.9 Å². The van der Waals surface area contributed by atoms with E-state index >= 15 is 0 Å².